The zero-order chi connectivity index (χ0) is 15.9. The van der Waals surface area contributed by atoms with Crippen molar-refractivity contribution in [3.63, 3.8) is 0 Å². The molecular formula is C15H26ClO3PSi. The summed E-state index contributed by atoms with van der Waals surface area (Å²) in [5.41, 5.74) is 1.02. The summed E-state index contributed by atoms with van der Waals surface area (Å²) in [4.78, 5) is 0. The van der Waals surface area contributed by atoms with Gasteiger partial charge in [-0.05, 0) is 32.1 Å². The van der Waals surface area contributed by atoms with Gasteiger partial charge in [0.1, 0.15) is 0 Å². The van der Waals surface area contributed by atoms with Crippen molar-refractivity contribution < 1.29 is 13.5 Å². The smallest absolute Gasteiger partial charge is 0.209 e. The summed E-state index contributed by atoms with van der Waals surface area (Å²) in [6.45, 7) is 8.62. The van der Waals surface area contributed by atoms with Gasteiger partial charge >= 0.3 is 0 Å². The van der Waals surface area contributed by atoms with Gasteiger partial charge in [0.15, 0.2) is 8.32 Å². The Morgan fingerprint density at radius 2 is 1.86 bits per heavy atom. The van der Waals surface area contributed by atoms with E-state index in [1.54, 1.807) is 0 Å². The molecule has 0 saturated carbocycles. The van der Waals surface area contributed by atoms with Crippen LogP contribution >= 0.6 is 19.0 Å². The van der Waals surface area contributed by atoms with Crippen LogP contribution in [0.5, 0.6) is 0 Å². The Labute approximate surface area is 134 Å². The van der Waals surface area contributed by atoms with E-state index in [0.29, 0.717) is 24.8 Å². The van der Waals surface area contributed by atoms with E-state index in [4.69, 9.17) is 20.6 Å². The average molecular weight is 349 g/mol. The van der Waals surface area contributed by atoms with Crippen molar-refractivity contribution in [2.24, 2.45) is 0 Å². The zero-order valence-corrected chi connectivity index (χ0v) is 16.0. The molecule has 3 nitrogen and oxygen atoms in total. The maximum Gasteiger partial charge on any atom is 0.209 e. The van der Waals surface area contributed by atoms with Crippen LogP contribution in [0.1, 0.15) is 12.5 Å². The van der Waals surface area contributed by atoms with E-state index in [1.807, 2.05) is 37.3 Å². The van der Waals surface area contributed by atoms with E-state index in [9.17, 15) is 4.57 Å². The second-order valence-corrected chi connectivity index (χ2v) is 13.4. The Morgan fingerprint density at radius 3 is 2.33 bits per heavy atom. The van der Waals surface area contributed by atoms with Crippen LogP contribution in [0.25, 0.3) is 0 Å². The summed E-state index contributed by atoms with van der Waals surface area (Å²) in [5, 5.41) is 0. The molecule has 120 valence electrons. The van der Waals surface area contributed by atoms with Crippen molar-refractivity contribution in [3.8, 4) is 0 Å². The molecule has 0 aromatic heterocycles. The second kappa shape index (κ2) is 8.49. The summed E-state index contributed by atoms with van der Waals surface area (Å²) in [7, 11) is -4.50. The first-order chi connectivity index (χ1) is 9.78. The molecule has 21 heavy (non-hydrogen) atoms. The second-order valence-electron chi connectivity index (χ2n) is 6.07. The third kappa shape index (κ3) is 7.62. The normalized spacial score (nSPS) is 16.4. The molecule has 1 aromatic carbocycles. The van der Waals surface area contributed by atoms with Crippen molar-refractivity contribution in [2.45, 2.75) is 38.8 Å². The number of hydrogen-bond donors (Lipinski definition) is 0. The fraction of sp³-hybridized carbons (Fsp3) is 0.600. The Hall–Kier alpha value is -0.123. The van der Waals surface area contributed by atoms with Crippen molar-refractivity contribution >= 4 is 27.3 Å². The fourth-order valence-corrected chi connectivity index (χ4v) is 6.31. The lowest BCUT2D eigenvalue weighted by molar-refractivity contribution is 0.230. The molecule has 1 rings (SSSR count). The molecule has 0 bridgehead atoms. The van der Waals surface area contributed by atoms with Gasteiger partial charge in [-0.15, -0.1) is 11.6 Å². The molecular weight excluding hydrogens is 323 g/mol. The van der Waals surface area contributed by atoms with Crippen LogP contribution in [-0.2, 0) is 19.7 Å². The minimum Gasteiger partial charge on any atom is -0.413 e. The van der Waals surface area contributed by atoms with Crippen molar-refractivity contribution in [2.75, 3.05) is 18.6 Å². The SMILES string of the molecule is CCOP(=O)(Cc1ccccc1)C[C@H](CCl)O[Si](C)(C)C. The highest BCUT2D eigenvalue weighted by molar-refractivity contribution is 7.58. The summed E-state index contributed by atoms with van der Waals surface area (Å²) in [6.07, 6.45) is 0.604. The predicted molar refractivity (Wildman–Crippen MR) is 93.2 cm³/mol. The van der Waals surface area contributed by atoms with E-state index in [1.165, 1.54) is 0 Å². The van der Waals surface area contributed by atoms with Crippen LogP contribution < -0.4 is 0 Å². The number of benzene rings is 1. The molecule has 0 aliphatic heterocycles. The monoisotopic (exact) mass is 348 g/mol. The van der Waals surface area contributed by atoms with Gasteiger partial charge in [0.25, 0.3) is 0 Å². The molecule has 0 N–H and O–H groups in total. The predicted octanol–water partition coefficient (Wildman–Crippen LogP) is 4.96. The molecule has 0 radical (unpaired) electrons. The van der Waals surface area contributed by atoms with E-state index < -0.39 is 15.7 Å². The van der Waals surface area contributed by atoms with Gasteiger partial charge in [0.05, 0.1) is 18.9 Å². The maximum absolute atomic E-state index is 13.1. The topological polar surface area (TPSA) is 35.5 Å². The third-order valence-corrected chi connectivity index (χ3v) is 6.73. The number of alkyl halides is 1. The molecule has 2 atom stereocenters. The van der Waals surface area contributed by atoms with E-state index in [2.05, 4.69) is 19.6 Å². The van der Waals surface area contributed by atoms with Crippen molar-refractivity contribution in [1.82, 2.24) is 0 Å². The Kier molecular flexibility index (Phi) is 7.65. The standard InChI is InChI=1S/C15H26ClO3PSi/c1-5-18-20(17,12-14-9-7-6-8-10-14)13-15(11-16)19-21(2,3)4/h6-10,15H,5,11-13H2,1-4H3/t15-,20?/m0/s1. The maximum atomic E-state index is 13.1. The van der Waals surface area contributed by atoms with Crippen LogP contribution in [0.4, 0.5) is 0 Å². The Balaban J connectivity index is 2.81. The summed E-state index contributed by atoms with van der Waals surface area (Å²) < 4.78 is 24.7. The lowest BCUT2D eigenvalue weighted by Gasteiger charge is -2.28. The molecule has 0 saturated heterocycles. The van der Waals surface area contributed by atoms with Gasteiger partial charge in [-0.1, -0.05) is 30.3 Å². The van der Waals surface area contributed by atoms with Crippen LogP contribution in [0, 0.1) is 0 Å². The zero-order valence-electron chi connectivity index (χ0n) is 13.3. The highest BCUT2D eigenvalue weighted by atomic mass is 35.5. The molecule has 0 fully saturated rings. The summed E-state index contributed by atoms with van der Waals surface area (Å²) >= 11 is 6.00. The van der Waals surface area contributed by atoms with Gasteiger partial charge in [0, 0.05) is 12.0 Å². The van der Waals surface area contributed by atoms with Crippen LogP contribution in [-0.4, -0.2) is 33.1 Å². The minimum absolute atomic E-state index is 0.209. The molecule has 6 heteroatoms. The van der Waals surface area contributed by atoms with Gasteiger partial charge in [0.2, 0.25) is 7.37 Å². The summed E-state index contributed by atoms with van der Waals surface area (Å²) in [6, 6.07) is 9.79. The van der Waals surface area contributed by atoms with Crippen LogP contribution in [0.15, 0.2) is 30.3 Å². The lowest BCUT2D eigenvalue weighted by atomic mass is 10.2. The first-order valence-electron chi connectivity index (χ1n) is 7.28. The lowest BCUT2D eigenvalue weighted by Crippen LogP contribution is -2.35. The Morgan fingerprint density at radius 1 is 1.24 bits per heavy atom. The quantitative estimate of drug-likeness (QED) is 0.359. The number of hydrogen-bond acceptors (Lipinski definition) is 3. The number of halogens is 1. The van der Waals surface area contributed by atoms with Gasteiger partial charge < -0.3 is 8.95 Å². The van der Waals surface area contributed by atoms with E-state index in [0.717, 1.165) is 5.56 Å². The minimum atomic E-state index is -2.79. The molecule has 0 aliphatic rings. The molecule has 1 unspecified atom stereocenters. The molecule has 0 spiro atoms. The average Bonchev–Trinajstić information content (AvgIpc) is 2.37. The molecule has 0 amide bonds. The molecule has 0 aliphatic carbocycles. The Bertz CT molecular complexity index is 462. The largest absolute Gasteiger partial charge is 0.413 e. The first-order valence-corrected chi connectivity index (χ1v) is 13.2. The fourth-order valence-electron chi connectivity index (χ4n) is 2.19. The van der Waals surface area contributed by atoms with Gasteiger partial charge in [-0.2, -0.15) is 0 Å². The van der Waals surface area contributed by atoms with Crippen molar-refractivity contribution in [1.29, 1.82) is 0 Å². The van der Waals surface area contributed by atoms with Crippen LogP contribution in [0.2, 0.25) is 19.6 Å². The van der Waals surface area contributed by atoms with Crippen molar-refractivity contribution in [3.05, 3.63) is 35.9 Å². The van der Waals surface area contributed by atoms with Gasteiger partial charge in [-0.3, -0.25) is 4.57 Å². The molecule has 1 aromatic rings. The number of rotatable bonds is 9. The van der Waals surface area contributed by atoms with Gasteiger partial charge in [-0.25, -0.2) is 0 Å². The molecule has 0 heterocycles. The highest BCUT2D eigenvalue weighted by Gasteiger charge is 2.30. The first kappa shape index (κ1) is 18.9. The summed E-state index contributed by atoms with van der Waals surface area (Å²) in [5.74, 6) is 0.343. The van der Waals surface area contributed by atoms with E-state index in [-0.39, 0.29) is 6.10 Å². The third-order valence-electron chi connectivity index (χ3n) is 2.80. The van der Waals surface area contributed by atoms with Crippen LogP contribution in [0.3, 0.4) is 0 Å². The highest BCUT2D eigenvalue weighted by Crippen LogP contribution is 2.51. The van der Waals surface area contributed by atoms with E-state index >= 15 is 0 Å².